The zero-order valence-electron chi connectivity index (χ0n) is 17.6. The van der Waals surface area contributed by atoms with Gasteiger partial charge >= 0.3 is 12.0 Å². The van der Waals surface area contributed by atoms with E-state index in [2.05, 4.69) is 16.4 Å². The highest BCUT2D eigenvalue weighted by Crippen LogP contribution is 2.23. The normalized spacial score (nSPS) is 11.2. The zero-order chi connectivity index (χ0) is 23.6. The molecule has 0 saturated carbocycles. The summed E-state index contributed by atoms with van der Waals surface area (Å²) in [5.41, 5.74) is 7.11. The molecule has 0 spiro atoms. The fraction of sp³-hybridized carbons (Fsp3) is 0.167. The van der Waals surface area contributed by atoms with Crippen molar-refractivity contribution in [3.05, 3.63) is 99.5 Å². The van der Waals surface area contributed by atoms with E-state index in [1.54, 1.807) is 24.3 Å². The molecule has 0 fully saturated rings. The molecule has 1 aromatic heterocycles. The van der Waals surface area contributed by atoms with Crippen LogP contribution in [0.3, 0.4) is 0 Å². The lowest BCUT2D eigenvalue weighted by Crippen LogP contribution is -2.36. The van der Waals surface area contributed by atoms with E-state index >= 15 is 0 Å². The number of carbonyl (C=O) groups excluding carboxylic acids is 2. The molecule has 9 heteroatoms. The Morgan fingerprint density at radius 2 is 1.82 bits per heavy atom. The Kier molecular flexibility index (Phi) is 7.94. The second-order valence-corrected chi connectivity index (χ2v) is 7.10. The number of hydrogen-bond donors (Lipinski definition) is 3. The van der Waals surface area contributed by atoms with Crippen molar-refractivity contribution in [1.29, 1.82) is 5.26 Å². The highest BCUT2D eigenvalue weighted by atomic mass is 16.5. The summed E-state index contributed by atoms with van der Waals surface area (Å²) in [4.78, 5) is 37.7. The van der Waals surface area contributed by atoms with Crippen LogP contribution in [-0.4, -0.2) is 23.5 Å². The van der Waals surface area contributed by atoms with E-state index in [-0.39, 0.29) is 5.75 Å². The number of carbonyl (C=O) groups is 2. The van der Waals surface area contributed by atoms with Gasteiger partial charge in [-0.3, -0.25) is 4.79 Å². The zero-order valence-corrected chi connectivity index (χ0v) is 17.6. The lowest BCUT2D eigenvalue weighted by Gasteiger charge is -2.19. The van der Waals surface area contributed by atoms with Crippen molar-refractivity contribution in [1.82, 2.24) is 10.3 Å². The van der Waals surface area contributed by atoms with E-state index in [0.29, 0.717) is 24.3 Å². The molecule has 9 nitrogen and oxygen atoms in total. The first kappa shape index (κ1) is 23.2. The van der Waals surface area contributed by atoms with Gasteiger partial charge in [-0.2, -0.15) is 5.26 Å². The Hall–Kier alpha value is -4.42. The van der Waals surface area contributed by atoms with Crippen molar-refractivity contribution < 1.29 is 19.1 Å². The number of amides is 2. The molecule has 1 atom stereocenters. The summed E-state index contributed by atoms with van der Waals surface area (Å²) in [6.45, 7) is -0.157. The summed E-state index contributed by atoms with van der Waals surface area (Å²) in [5.74, 6) is -1.06. The maximum atomic E-state index is 12.5. The maximum Gasteiger partial charge on any atom is 0.331 e. The predicted molar refractivity (Wildman–Crippen MR) is 119 cm³/mol. The minimum absolute atomic E-state index is 0.219. The number of rotatable bonds is 9. The van der Waals surface area contributed by atoms with Crippen LogP contribution in [0.5, 0.6) is 5.75 Å². The van der Waals surface area contributed by atoms with Crippen LogP contribution in [-0.2, 0) is 22.6 Å². The molecule has 0 aliphatic carbocycles. The summed E-state index contributed by atoms with van der Waals surface area (Å²) in [7, 11) is 0. The molecule has 1 unspecified atom stereocenters. The van der Waals surface area contributed by atoms with Gasteiger partial charge in [-0.25, -0.2) is 9.59 Å². The van der Waals surface area contributed by atoms with Gasteiger partial charge in [-0.15, -0.1) is 0 Å². The second-order valence-electron chi connectivity index (χ2n) is 7.10. The summed E-state index contributed by atoms with van der Waals surface area (Å²) in [6.07, 6.45) is -0.131. The molecule has 4 N–H and O–H groups in total. The first-order chi connectivity index (χ1) is 15.9. The minimum Gasteiger partial charge on any atom is -0.419 e. The summed E-state index contributed by atoms with van der Waals surface area (Å²) in [5, 5.41) is 11.3. The minimum atomic E-state index is -0.880. The fourth-order valence-electron chi connectivity index (χ4n) is 3.07. The highest BCUT2D eigenvalue weighted by molar-refractivity contribution is 5.80. The topological polar surface area (TPSA) is 147 Å². The van der Waals surface area contributed by atoms with E-state index in [0.717, 1.165) is 11.1 Å². The third kappa shape index (κ3) is 7.05. The van der Waals surface area contributed by atoms with Crippen LogP contribution >= 0.6 is 0 Å². The van der Waals surface area contributed by atoms with Gasteiger partial charge in [0, 0.05) is 12.1 Å². The van der Waals surface area contributed by atoms with Crippen LogP contribution in [0.4, 0.5) is 4.79 Å². The number of pyridine rings is 1. The number of primary amides is 1. The number of nitrogens with two attached hydrogens (primary N) is 1. The van der Waals surface area contributed by atoms with Crippen molar-refractivity contribution in [2.24, 2.45) is 5.73 Å². The molecule has 168 valence electrons. The second kappa shape index (κ2) is 11.3. The lowest BCUT2D eigenvalue weighted by atomic mass is 10.0. The van der Waals surface area contributed by atoms with Gasteiger partial charge in [-0.1, -0.05) is 42.5 Å². The van der Waals surface area contributed by atoms with E-state index in [9.17, 15) is 19.6 Å². The molecule has 0 radical (unpaired) electrons. The molecule has 0 saturated heterocycles. The Balaban J connectivity index is 1.80. The first-order valence-electron chi connectivity index (χ1n) is 10.1. The lowest BCUT2D eigenvalue weighted by molar-refractivity contribution is -0.133. The number of ether oxygens (including phenoxy) is 2. The SMILES string of the molecule is N#Cc1cccc(CC(OCc2ccccc2)c2ccc(OC(=O)CNC(N)=O)c(=O)[nH]2)c1. The average Bonchev–Trinajstić information content (AvgIpc) is 2.82. The summed E-state index contributed by atoms with van der Waals surface area (Å²) < 4.78 is 11.1. The number of esters is 1. The molecule has 33 heavy (non-hydrogen) atoms. The molecule has 0 aliphatic rings. The number of nitrogens with one attached hydrogen (secondary N) is 2. The number of nitriles is 1. The van der Waals surface area contributed by atoms with Gasteiger partial charge in [0.1, 0.15) is 12.6 Å². The Labute approximate surface area is 189 Å². The van der Waals surface area contributed by atoms with Gasteiger partial charge in [-0.05, 0) is 35.4 Å². The first-order valence-corrected chi connectivity index (χ1v) is 10.1. The Morgan fingerprint density at radius 3 is 2.52 bits per heavy atom. The molecule has 3 aromatic rings. The largest absolute Gasteiger partial charge is 0.419 e. The Morgan fingerprint density at radius 1 is 1.06 bits per heavy atom. The summed E-state index contributed by atoms with van der Waals surface area (Å²) in [6, 6.07) is 20.9. The van der Waals surface area contributed by atoms with Gasteiger partial charge in [0.2, 0.25) is 0 Å². The van der Waals surface area contributed by atoms with Gasteiger partial charge in [0.05, 0.1) is 18.2 Å². The van der Waals surface area contributed by atoms with Crippen molar-refractivity contribution in [3.63, 3.8) is 0 Å². The van der Waals surface area contributed by atoms with E-state index < -0.39 is 30.2 Å². The fourth-order valence-corrected chi connectivity index (χ4v) is 3.07. The molecule has 2 aromatic carbocycles. The van der Waals surface area contributed by atoms with Crippen LogP contribution in [0.1, 0.15) is 28.5 Å². The molecule has 1 heterocycles. The van der Waals surface area contributed by atoms with Crippen LogP contribution in [0.2, 0.25) is 0 Å². The van der Waals surface area contributed by atoms with Crippen molar-refractivity contribution in [2.75, 3.05) is 6.54 Å². The summed E-state index contributed by atoms with van der Waals surface area (Å²) >= 11 is 0. The molecule has 0 bridgehead atoms. The molecule has 3 rings (SSSR count). The number of H-pyrrole nitrogens is 1. The van der Waals surface area contributed by atoms with Gasteiger partial charge < -0.3 is 25.5 Å². The number of nitrogens with zero attached hydrogens (tertiary/aromatic N) is 1. The molecule has 2 amide bonds. The third-order valence-electron chi connectivity index (χ3n) is 4.64. The average molecular weight is 446 g/mol. The number of benzene rings is 2. The number of hydrogen-bond acceptors (Lipinski definition) is 6. The maximum absolute atomic E-state index is 12.5. The van der Waals surface area contributed by atoms with Crippen LogP contribution < -0.4 is 21.3 Å². The van der Waals surface area contributed by atoms with Crippen molar-refractivity contribution in [3.8, 4) is 11.8 Å². The molecular weight excluding hydrogens is 424 g/mol. The number of aromatic amines is 1. The number of urea groups is 1. The predicted octanol–water partition coefficient (Wildman–Crippen LogP) is 2.32. The van der Waals surface area contributed by atoms with Crippen LogP contribution in [0.15, 0.2) is 71.5 Å². The van der Waals surface area contributed by atoms with Crippen LogP contribution in [0.25, 0.3) is 0 Å². The monoisotopic (exact) mass is 446 g/mol. The van der Waals surface area contributed by atoms with Crippen molar-refractivity contribution >= 4 is 12.0 Å². The number of aromatic nitrogens is 1. The third-order valence-corrected chi connectivity index (χ3v) is 4.64. The van der Waals surface area contributed by atoms with Crippen molar-refractivity contribution in [2.45, 2.75) is 19.1 Å². The molecular formula is C24H22N4O5. The smallest absolute Gasteiger partial charge is 0.331 e. The van der Waals surface area contributed by atoms with Gasteiger partial charge in [0.15, 0.2) is 5.75 Å². The van der Waals surface area contributed by atoms with Crippen LogP contribution in [0, 0.1) is 11.3 Å². The molecule has 0 aliphatic heterocycles. The highest BCUT2D eigenvalue weighted by Gasteiger charge is 2.17. The Bertz CT molecular complexity index is 1220. The quantitative estimate of drug-likeness (QED) is 0.430. The van der Waals surface area contributed by atoms with Gasteiger partial charge in [0.25, 0.3) is 5.56 Å². The van der Waals surface area contributed by atoms with E-state index in [4.69, 9.17) is 15.2 Å². The van der Waals surface area contributed by atoms with E-state index in [1.165, 1.54) is 6.07 Å². The standard InChI is InChI=1S/C24H22N4O5/c25-13-18-8-4-7-17(11-18)12-21(32-15-16-5-2-1-3-6-16)19-9-10-20(23(30)28-19)33-22(29)14-27-24(26)31/h1-11,21H,12,14-15H2,(H,28,30)(H3,26,27,31). The van der Waals surface area contributed by atoms with E-state index in [1.807, 2.05) is 36.4 Å².